The minimum atomic E-state index is -3.49. The number of nitrogens with zero attached hydrogens (tertiary/aromatic N) is 2. The second kappa shape index (κ2) is 7.09. The highest BCUT2D eigenvalue weighted by molar-refractivity contribution is 7.89. The van der Waals surface area contributed by atoms with E-state index in [1.807, 2.05) is 0 Å². The fourth-order valence-electron chi connectivity index (χ4n) is 2.96. The second-order valence-electron chi connectivity index (χ2n) is 5.77. The Hall–Kier alpha value is -0.630. The summed E-state index contributed by atoms with van der Waals surface area (Å²) in [6.45, 7) is 3.95. The fourth-order valence-corrected chi connectivity index (χ4v) is 4.51. The largest absolute Gasteiger partial charge is 0.328 e. The first-order chi connectivity index (χ1) is 9.31. The van der Waals surface area contributed by atoms with Crippen LogP contribution in [0.4, 0.5) is 0 Å². The minimum absolute atomic E-state index is 0. The van der Waals surface area contributed by atoms with Crippen LogP contribution in [0.1, 0.15) is 37.1 Å². The van der Waals surface area contributed by atoms with Gasteiger partial charge in [0.1, 0.15) is 4.90 Å². The second-order valence-corrected chi connectivity index (χ2v) is 7.47. The maximum atomic E-state index is 12.4. The van der Waals surface area contributed by atoms with Crippen LogP contribution in [0.25, 0.3) is 0 Å². The van der Waals surface area contributed by atoms with Gasteiger partial charge < -0.3 is 5.73 Å². The standard InChI is InChI=1S/C13H24N4O2S.ClH/c1-9-13(10(2)17(3)16-9)20(18,19)15-8-11-5-4-6-12(14)7-11;/h11-12,15H,4-8,14H2,1-3H3;1H. The summed E-state index contributed by atoms with van der Waals surface area (Å²) in [5, 5.41) is 4.16. The maximum Gasteiger partial charge on any atom is 0.244 e. The number of hydrogen-bond donors (Lipinski definition) is 2. The maximum absolute atomic E-state index is 12.4. The Kier molecular flexibility index (Phi) is 6.22. The minimum Gasteiger partial charge on any atom is -0.328 e. The molecule has 122 valence electrons. The average molecular weight is 337 g/mol. The van der Waals surface area contributed by atoms with Gasteiger partial charge in [-0.15, -0.1) is 12.4 Å². The third kappa shape index (κ3) is 4.18. The van der Waals surface area contributed by atoms with Crippen molar-refractivity contribution in [1.82, 2.24) is 14.5 Å². The SMILES string of the molecule is Cc1nn(C)c(C)c1S(=O)(=O)NCC1CCCC(N)C1.Cl. The highest BCUT2D eigenvalue weighted by Gasteiger charge is 2.26. The van der Waals surface area contributed by atoms with E-state index in [0.29, 0.717) is 28.7 Å². The van der Waals surface area contributed by atoms with Crippen molar-refractivity contribution in [2.45, 2.75) is 50.5 Å². The molecule has 0 amide bonds. The highest BCUT2D eigenvalue weighted by atomic mass is 35.5. The van der Waals surface area contributed by atoms with Crippen LogP contribution in [0.15, 0.2) is 4.90 Å². The van der Waals surface area contributed by atoms with Crippen LogP contribution in [0, 0.1) is 19.8 Å². The lowest BCUT2D eigenvalue weighted by Gasteiger charge is -2.26. The van der Waals surface area contributed by atoms with Crippen LogP contribution >= 0.6 is 12.4 Å². The molecule has 1 fully saturated rings. The van der Waals surface area contributed by atoms with E-state index < -0.39 is 10.0 Å². The normalized spacial score (nSPS) is 22.9. The zero-order valence-corrected chi connectivity index (χ0v) is 14.4. The van der Waals surface area contributed by atoms with E-state index in [-0.39, 0.29) is 18.4 Å². The number of nitrogens with one attached hydrogen (secondary N) is 1. The van der Waals surface area contributed by atoms with Crippen molar-refractivity contribution in [1.29, 1.82) is 0 Å². The van der Waals surface area contributed by atoms with Gasteiger partial charge in [0, 0.05) is 19.6 Å². The Morgan fingerprint density at radius 1 is 1.38 bits per heavy atom. The summed E-state index contributed by atoms with van der Waals surface area (Å²) < 4.78 is 29.2. The Balaban J connectivity index is 0.00000220. The molecule has 0 radical (unpaired) electrons. The van der Waals surface area contributed by atoms with Crippen molar-refractivity contribution in [3.05, 3.63) is 11.4 Å². The van der Waals surface area contributed by atoms with Gasteiger partial charge in [-0.05, 0) is 39.0 Å². The van der Waals surface area contributed by atoms with Gasteiger partial charge in [-0.3, -0.25) is 4.68 Å². The molecule has 21 heavy (non-hydrogen) atoms. The van der Waals surface area contributed by atoms with Gasteiger partial charge in [-0.25, -0.2) is 13.1 Å². The molecule has 0 spiro atoms. The van der Waals surface area contributed by atoms with Crippen LogP contribution in [-0.2, 0) is 17.1 Å². The number of hydrogen-bond acceptors (Lipinski definition) is 4. The molecule has 0 bridgehead atoms. The van der Waals surface area contributed by atoms with E-state index in [1.54, 1.807) is 25.6 Å². The zero-order chi connectivity index (χ0) is 14.9. The lowest BCUT2D eigenvalue weighted by atomic mass is 9.86. The van der Waals surface area contributed by atoms with Crippen LogP contribution in [0.3, 0.4) is 0 Å². The Labute approximate surface area is 132 Å². The molecule has 2 atom stereocenters. The molecule has 1 saturated carbocycles. The first-order valence-electron chi connectivity index (χ1n) is 7.06. The van der Waals surface area contributed by atoms with E-state index in [4.69, 9.17) is 5.73 Å². The quantitative estimate of drug-likeness (QED) is 0.866. The van der Waals surface area contributed by atoms with Gasteiger partial charge >= 0.3 is 0 Å². The molecule has 3 N–H and O–H groups in total. The van der Waals surface area contributed by atoms with Crippen molar-refractivity contribution in [3.63, 3.8) is 0 Å². The lowest BCUT2D eigenvalue weighted by molar-refractivity contribution is 0.322. The van der Waals surface area contributed by atoms with Crippen molar-refractivity contribution in [2.24, 2.45) is 18.7 Å². The van der Waals surface area contributed by atoms with E-state index in [2.05, 4.69) is 9.82 Å². The Bertz CT molecular complexity index is 585. The number of aromatic nitrogens is 2. The molecule has 1 aliphatic carbocycles. The van der Waals surface area contributed by atoms with Crippen LogP contribution < -0.4 is 10.5 Å². The number of nitrogens with two attached hydrogens (primary N) is 1. The molecule has 1 aromatic rings. The average Bonchev–Trinajstić information content (AvgIpc) is 2.61. The van der Waals surface area contributed by atoms with E-state index >= 15 is 0 Å². The summed E-state index contributed by atoms with van der Waals surface area (Å²) in [6.07, 6.45) is 4.07. The fraction of sp³-hybridized carbons (Fsp3) is 0.769. The summed E-state index contributed by atoms with van der Waals surface area (Å²) in [5.74, 6) is 0.339. The molecular weight excluding hydrogens is 312 g/mol. The van der Waals surface area contributed by atoms with E-state index in [0.717, 1.165) is 25.7 Å². The number of aryl methyl sites for hydroxylation is 2. The monoisotopic (exact) mass is 336 g/mol. The summed E-state index contributed by atoms with van der Waals surface area (Å²) in [5.41, 5.74) is 7.14. The molecule has 1 aromatic heterocycles. The summed E-state index contributed by atoms with van der Waals surface area (Å²) in [7, 11) is -1.74. The van der Waals surface area contributed by atoms with Gasteiger partial charge in [-0.2, -0.15) is 5.10 Å². The molecular formula is C13H25ClN4O2S. The Morgan fingerprint density at radius 3 is 2.57 bits per heavy atom. The molecule has 0 aliphatic heterocycles. The molecule has 0 saturated heterocycles. The van der Waals surface area contributed by atoms with Gasteiger partial charge in [0.2, 0.25) is 10.0 Å². The predicted octanol–water partition coefficient (Wildman–Crippen LogP) is 1.25. The van der Waals surface area contributed by atoms with Crippen molar-refractivity contribution in [3.8, 4) is 0 Å². The Morgan fingerprint density at radius 2 is 2.05 bits per heavy atom. The third-order valence-electron chi connectivity index (χ3n) is 4.10. The zero-order valence-electron chi connectivity index (χ0n) is 12.8. The van der Waals surface area contributed by atoms with Gasteiger partial charge in [0.15, 0.2) is 0 Å². The molecule has 0 aromatic carbocycles. The number of sulfonamides is 1. The van der Waals surface area contributed by atoms with Crippen molar-refractivity contribution in [2.75, 3.05) is 6.54 Å². The summed E-state index contributed by atoms with van der Waals surface area (Å²) in [6, 6.07) is 0.208. The first kappa shape index (κ1) is 18.4. The van der Waals surface area contributed by atoms with Gasteiger partial charge in [-0.1, -0.05) is 6.42 Å². The smallest absolute Gasteiger partial charge is 0.244 e. The molecule has 1 aliphatic rings. The van der Waals surface area contributed by atoms with Crippen LogP contribution in [0.5, 0.6) is 0 Å². The predicted molar refractivity (Wildman–Crippen MR) is 85.1 cm³/mol. The molecule has 2 rings (SSSR count). The third-order valence-corrected chi connectivity index (χ3v) is 5.77. The molecule has 2 unspecified atom stereocenters. The topological polar surface area (TPSA) is 90.0 Å². The molecule has 6 nitrogen and oxygen atoms in total. The van der Waals surface area contributed by atoms with E-state index in [9.17, 15) is 8.42 Å². The first-order valence-corrected chi connectivity index (χ1v) is 8.55. The van der Waals surface area contributed by atoms with Crippen molar-refractivity contribution < 1.29 is 8.42 Å². The van der Waals surface area contributed by atoms with Crippen LogP contribution in [0.2, 0.25) is 0 Å². The summed E-state index contributed by atoms with van der Waals surface area (Å²) in [4.78, 5) is 0.306. The van der Waals surface area contributed by atoms with E-state index in [1.165, 1.54) is 0 Å². The van der Waals surface area contributed by atoms with Crippen molar-refractivity contribution >= 4 is 22.4 Å². The van der Waals surface area contributed by atoms with Gasteiger partial charge in [0.05, 0.1) is 11.4 Å². The summed E-state index contributed by atoms with van der Waals surface area (Å²) >= 11 is 0. The van der Waals surface area contributed by atoms with Crippen LogP contribution in [-0.4, -0.2) is 30.8 Å². The molecule has 8 heteroatoms. The highest BCUT2D eigenvalue weighted by Crippen LogP contribution is 2.24. The molecule has 1 heterocycles. The number of rotatable bonds is 4. The van der Waals surface area contributed by atoms with Gasteiger partial charge in [0.25, 0.3) is 0 Å². The lowest BCUT2D eigenvalue weighted by Crippen LogP contribution is -2.35. The number of halogens is 1.